The molecule has 0 fully saturated rings. The van der Waals surface area contributed by atoms with E-state index in [1.807, 2.05) is 0 Å². The largest absolute Gasteiger partial charge is 0.409 e. The van der Waals surface area contributed by atoms with Gasteiger partial charge in [0.25, 0.3) is 0 Å². The average molecular weight is 202 g/mol. The Morgan fingerprint density at radius 2 is 2.00 bits per heavy atom. The van der Waals surface area contributed by atoms with Gasteiger partial charge in [0.2, 0.25) is 11.8 Å². The fourth-order valence-electron chi connectivity index (χ4n) is 0.867. The van der Waals surface area contributed by atoms with E-state index in [-0.39, 0.29) is 18.8 Å². The molecule has 7 nitrogen and oxygen atoms in total. The molecule has 0 heterocycles. The second-order valence-corrected chi connectivity index (χ2v) is 2.64. The monoisotopic (exact) mass is 202 g/mol. The number of rotatable bonds is 5. The van der Waals surface area contributed by atoms with Crippen LogP contribution in [0.1, 0.15) is 13.3 Å². The van der Waals surface area contributed by atoms with E-state index in [0.717, 1.165) is 0 Å². The molecule has 0 aliphatic carbocycles. The highest BCUT2D eigenvalue weighted by molar-refractivity contribution is 5.99. The van der Waals surface area contributed by atoms with Crippen LogP contribution in [0, 0.1) is 0 Å². The first-order valence-corrected chi connectivity index (χ1v) is 4.03. The molecule has 5 N–H and O–H groups in total. The lowest BCUT2D eigenvalue weighted by molar-refractivity contribution is -0.133. The van der Waals surface area contributed by atoms with Gasteiger partial charge >= 0.3 is 0 Å². The van der Waals surface area contributed by atoms with Gasteiger partial charge in [-0.3, -0.25) is 9.59 Å². The first-order valence-electron chi connectivity index (χ1n) is 4.03. The minimum Gasteiger partial charge on any atom is -0.409 e. The quantitative estimate of drug-likeness (QED) is 0.216. The number of amides is 2. The van der Waals surface area contributed by atoms with Gasteiger partial charge in [-0.15, -0.1) is 0 Å². The summed E-state index contributed by atoms with van der Waals surface area (Å²) in [5.41, 5.74) is 10.1. The minimum atomic E-state index is -0.597. The van der Waals surface area contributed by atoms with Gasteiger partial charge < -0.3 is 21.6 Å². The van der Waals surface area contributed by atoms with Crippen molar-refractivity contribution in [1.82, 2.24) is 4.90 Å². The van der Waals surface area contributed by atoms with Gasteiger partial charge in [-0.25, -0.2) is 0 Å². The molecule has 0 aromatic heterocycles. The molecule has 0 rings (SSSR count). The Balaban J connectivity index is 4.24. The van der Waals surface area contributed by atoms with Gasteiger partial charge in [0.15, 0.2) is 0 Å². The van der Waals surface area contributed by atoms with Crippen molar-refractivity contribution >= 4 is 17.6 Å². The highest BCUT2D eigenvalue weighted by Gasteiger charge is 2.14. The van der Waals surface area contributed by atoms with Gasteiger partial charge in [-0.05, 0) is 6.92 Å². The number of carbonyl (C=O) groups is 2. The van der Waals surface area contributed by atoms with Gasteiger partial charge in [0, 0.05) is 6.54 Å². The molecule has 14 heavy (non-hydrogen) atoms. The average Bonchev–Trinajstić information content (AvgIpc) is 2.13. The molecule has 0 aromatic carbocycles. The van der Waals surface area contributed by atoms with E-state index in [1.165, 1.54) is 4.90 Å². The summed E-state index contributed by atoms with van der Waals surface area (Å²) in [6.07, 6.45) is -0.225. The van der Waals surface area contributed by atoms with Crippen molar-refractivity contribution in [3.8, 4) is 0 Å². The van der Waals surface area contributed by atoms with Crippen molar-refractivity contribution < 1.29 is 14.8 Å². The topological polar surface area (TPSA) is 122 Å². The van der Waals surface area contributed by atoms with Gasteiger partial charge in [-0.2, -0.15) is 0 Å². The van der Waals surface area contributed by atoms with E-state index in [9.17, 15) is 9.59 Å². The molecule has 0 unspecified atom stereocenters. The number of carbonyl (C=O) groups excluding carboxylic acids is 2. The smallest absolute Gasteiger partial charge is 0.237 e. The van der Waals surface area contributed by atoms with Crippen LogP contribution in [0.3, 0.4) is 0 Å². The van der Waals surface area contributed by atoms with Crippen LogP contribution in [0.2, 0.25) is 0 Å². The predicted molar refractivity (Wildman–Crippen MR) is 49.5 cm³/mol. The molecule has 7 heteroatoms. The number of likely N-dealkylation sites (N-methyl/N-ethyl adjacent to an activating group) is 1. The molecule has 0 aliphatic rings. The lowest BCUT2D eigenvalue weighted by Crippen LogP contribution is -2.39. The standard InChI is InChI=1S/C7H14N4O3/c1-2-11(4-6(9)12)7(13)3-5(8)10-14/h14H,2-4H2,1H3,(H2,8,10)(H2,9,12). The Labute approximate surface area is 81.3 Å². The van der Waals surface area contributed by atoms with Crippen molar-refractivity contribution in [1.29, 1.82) is 0 Å². The number of amidine groups is 1. The summed E-state index contributed by atoms with van der Waals surface area (Å²) in [5, 5.41) is 10.9. The molecule has 0 atom stereocenters. The molecular weight excluding hydrogens is 188 g/mol. The summed E-state index contributed by atoms with van der Waals surface area (Å²) >= 11 is 0. The highest BCUT2D eigenvalue weighted by Crippen LogP contribution is 1.93. The van der Waals surface area contributed by atoms with E-state index >= 15 is 0 Å². The van der Waals surface area contributed by atoms with E-state index in [1.54, 1.807) is 6.92 Å². The normalized spacial score (nSPS) is 11.1. The Morgan fingerprint density at radius 1 is 1.43 bits per heavy atom. The molecule has 80 valence electrons. The van der Waals surface area contributed by atoms with Crippen LogP contribution >= 0.6 is 0 Å². The molecule has 0 saturated carbocycles. The summed E-state index contributed by atoms with van der Waals surface area (Å²) < 4.78 is 0. The first-order chi connectivity index (χ1) is 6.51. The van der Waals surface area contributed by atoms with Crippen LogP contribution in [0.15, 0.2) is 5.16 Å². The number of nitrogens with two attached hydrogens (primary N) is 2. The third kappa shape index (κ3) is 4.29. The highest BCUT2D eigenvalue weighted by atomic mass is 16.4. The maximum absolute atomic E-state index is 11.3. The number of hydrogen-bond acceptors (Lipinski definition) is 4. The van der Waals surface area contributed by atoms with Crippen LogP contribution in [-0.2, 0) is 9.59 Å². The van der Waals surface area contributed by atoms with Crippen LogP contribution in [0.5, 0.6) is 0 Å². The molecule has 0 radical (unpaired) electrons. The molecule has 0 aliphatic heterocycles. The fourth-order valence-corrected chi connectivity index (χ4v) is 0.867. The SMILES string of the molecule is CCN(CC(N)=O)C(=O)CC(N)=NO. The van der Waals surface area contributed by atoms with Crippen molar-refractivity contribution in [3.05, 3.63) is 0 Å². The molecule has 2 amide bonds. The molecule has 0 aromatic rings. The minimum absolute atomic E-state index is 0.159. The lowest BCUT2D eigenvalue weighted by Gasteiger charge is -2.18. The van der Waals surface area contributed by atoms with Crippen molar-refractivity contribution in [3.63, 3.8) is 0 Å². The predicted octanol–water partition coefficient (Wildman–Crippen LogP) is -1.54. The lowest BCUT2D eigenvalue weighted by atomic mass is 10.3. The third-order valence-electron chi connectivity index (χ3n) is 1.54. The van der Waals surface area contributed by atoms with Crippen LogP contribution in [0.4, 0.5) is 0 Å². The second kappa shape index (κ2) is 5.79. The Kier molecular flexibility index (Phi) is 5.05. The van der Waals surface area contributed by atoms with Gasteiger partial charge in [0.1, 0.15) is 5.84 Å². The Bertz CT molecular complexity index is 251. The molecule has 0 spiro atoms. The van der Waals surface area contributed by atoms with Crippen LogP contribution in [0.25, 0.3) is 0 Å². The second-order valence-electron chi connectivity index (χ2n) is 2.64. The van der Waals surface area contributed by atoms with Crippen molar-refractivity contribution in [2.75, 3.05) is 13.1 Å². The zero-order valence-electron chi connectivity index (χ0n) is 7.93. The van der Waals surface area contributed by atoms with E-state index in [2.05, 4.69) is 5.16 Å². The summed E-state index contributed by atoms with van der Waals surface area (Å²) in [6.45, 7) is 1.89. The van der Waals surface area contributed by atoms with E-state index < -0.39 is 11.8 Å². The molecule has 0 saturated heterocycles. The van der Waals surface area contributed by atoms with Crippen LogP contribution in [-0.4, -0.2) is 40.8 Å². The number of oxime groups is 1. The first kappa shape index (κ1) is 12.2. The van der Waals surface area contributed by atoms with Crippen LogP contribution < -0.4 is 11.5 Å². The van der Waals surface area contributed by atoms with Gasteiger partial charge in [-0.1, -0.05) is 5.16 Å². The number of primary amides is 1. The summed E-state index contributed by atoms with van der Waals surface area (Å²) in [6, 6.07) is 0. The summed E-state index contributed by atoms with van der Waals surface area (Å²) in [4.78, 5) is 23.1. The summed E-state index contributed by atoms with van der Waals surface area (Å²) in [5.74, 6) is -1.20. The number of nitrogens with zero attached hydrogens (tertiary/aromatic N) is 2. The van der Waals surface area contributed by atoms with E-state index in [0.29, 0.717) is 6.54 Å². The van der Waals surface area contributed by atoms with E-state index in [4.69, 9.17) is 16.7 Å². The summed E-state index contributed by atoms with van der Waals surface area (Å²) in [7, 11) is 0. The zero-order valence-corrected chi connectivity index (χ0v) is 7.93. The Hall–Kier alpha value is -1.79. The third-order valence-corrected chi connectivity index (χ3v) is 1.54. The fraction of sp³-hybridized carbons (Fsp3) is 0.571. The van der Waals surface area contributed by atoms with Gasteiger partial charge in [0.05, 0.1) is 13.0 Å². The van der Waals surface area contributed by atoms with Crippen molar-refractivity contribution in [2.24, 2.45) is 16.6 Å². The molecule has 0 bridgehead atoms. The maximum atomic E-state index is 11.3. The maximum Gasteiger partial charge on any atom is 0.237 e. The number of hydrogen-bond donors (Lipinski definition) is 3. The zero-order chi connectivity index (χ0) is 11.1. The van der Waals surface area contributed by atoms with Crippen molar-refractivity contribution in [2.45, 2.75) is 13.3 Å². The Morgan fingerprint density at radius 3 is 2.36 bits per heavy atom. The molecular formula is C7H14N4O3.